The first kappa shape index (κ1) is 13.8. The van der Waals surface area contributed by atoms with Gasteiger partial charge in [0.2, 0.25) is 5.88 Å². The molecule has 0 bridgehead atoms. The zero-order valence-corrected chi connectivity index (χ0v) is 11.7. The van der Waals surface area contributed by atoms with Crippen LogP contribution in [0.25, 0.3) is 0 Å². The van der Waals surface area contributed by atoms with Crippen molar-refractivity contribution in [1.82, 2.24) is 15.3 Å². The van der Waals surface area contributed by atoms with Gasteiger partial charge in [-0.05, 0) is 25.1 Å². The zero-order chi connectivity index (χ0) is 13.7. The lowest BCUT2D eigenvalue weighted by Gasteiger charge is -2.18. The average Bonchev–Trinajstić information content (AvgIpc) is 2.46. The third-order valence-electron chi connectivity index (χ3n) is 2.94. The topological polar surface area (TPSA) is 47.0 Å². The number of benzene rings is 1. The summed E-state index contributed by atoms with van der Waals surface area (Å²) < 4.78 is 5.25. The molecule has 1 heterocycles. The number of rotatable bonds is 5. The van der Waals surface area contributed by atoms with Gasteiger partial charge in [0.1, 0.15) is 5.69 Å². The molecule has 0 saturated heterocycles. The summed E-state index contributed by atoms with van der Waals surface area (Å²) in [5.41, 5.74) is 1.85. The molecule has 1 aromatic heterocycles. The highest BCUT2D eigenvalue weighted by molar-refractivity contribution is 6.31. The largest absolute Gasteiger partial charge is 0.480 e. The monoisotopic (exact) mass is 277 g/mol. The quantitative estimate of drug-likeness (QED) is 0.913. The van der Waals surface area contributed by atoms with Crippen molar-refractivity contribution in [3.05, 3.63) is 52.9 Å². The summed E-state index contributed by atoms with van der Waals surface area (Å²) in [4.78, 5) is 8.53. The van der Waals surface area contributed by atoms with Crippen LogP contribution < -0.4 is 10.1 Å². The Hall–Kier alpha value is -1.65. The van der Waals surface area contributed by atoms with E-state index in [1.165, 1.54) is 0 Å². The van der Waals surface area contributed by atoms with Gasteiger partial charge in [-0.15, -0.1) is 0 Å². The number of methoxy groups -OCH3 is 1. The summed E-state index contributed by atoms with van der Waals surface area (Å²) in [7, 11) is 3.48. The number of nitrogens with zero attached hydrogens (tertiary/aromatic N) is 2. The summed E-state index contributed by atoms with van der Waals surface area (Å²) in [6.45, 7) is 0. The minimum atomic E-state index is 0.00329. The van der Waals surface area contributed by atoms with Crippen molar-refractivity contribution in [3.63, 3.8) is 0 Å². The Kier molecular flexibility index (Phi) is 4.71. The lowest BCUT2D eigenvalue weighted by Crippen LogP contribution is -2.21. The predicted molar refractivity (Wildman–Crippen MR) is 75.5 cm³/mol. The number of ether oxygens (including phenoxy) is 1. The Morgan fingerprint density at radius 3 is 2.68 bits per heavy atom. The Balaban J connectivity index is 2.28. The van der Waals surface area contributed by atoms with Crippen LogP contribution in [0.15, 0.2) is 36.7 Å². The predicted octanol–water partition coefficient (Wildman–Crippen LogP) is 2.64. The number of likely N-dealkylation sites (N-methyl/N-ethyl adjacent to an activating group) is 1. The van der Waals surface area contributed by atoms with Crippen LogP contribution in [-0.4, -0.2) is 24.1 Å². The first-order chi connectivity index (χ1) is 9.26. The Morgan fingerprint density at radius 1 is 1.26 bits per heavy atom. The number of nitrogens with one attached hydrogen (secondary N) is 1. The first-order valence-corrected chi connectivity index (χ1v) is 6.39. The minimum absolute atomic E-state index is 0.00329. The molecule has 1 aromatic carbocycles. The number of halogens is 1. The van der Waals surface area contributed by atoms with Crippen molar-refractivity contribution >= 4 is 11.6 Å². The van der Waals surface area contributed by atoms with E-state index in [0.29, 0.717) is 5.88 Å². The van der Waals surface area contributed by atoms with Gasteiger partial charge in [-0.2, -0.15) is 0 Å². The lowest BCUT2D eigenvalue weighted by atomic mass is 10.0. The maximum absolute atomic E-state index is 6.19. The van der Waals surface area contributed by atoms with E-state index in [1.54, 1.807) is 19.5 Å². The van der Waals surface area contributed by atoms with Crippen LogP contribution in [-0.2, 0) is 6.42 Å². The molecule has 0 aliphatic rings. The van der Waals surface area contributed by atoms with Crippen molar-refractivity contribution in [2.24, 2.45) is 0 Å². The molecule has 2 rings (SSSR count). The summed E-state index contributed by atoms with van der Waals surface area (Å²) in [5, 5.41) is 3.98. The van der Waals surface area contributed by atoms with Gasteiger partial charge >= 0.3 is 0 Å². The molecule has 19 heavy (non-hydrogen) atoms. The molecule has 1 N–H and O–H groups in total. The third kappa shape index (κ3) is 3.22. The molecular formula is C14H16ClN3O. The second kappa shape index (κ2) is 6.50. The van der Waals surface area contributed by atoms with Crippen molar-refractivity contribution in [1.29, 1.82) is 0 Å². The molecule has 0 saturated carbocycles. The molecule has 0 spiro atoms. The van der Waals surface area contributed by atoms with Gasteiger partial charge in [0.25, 0.3) is 0 Å². The number of aromatic nitrogens is 2. The van der Waals surface area contributed by atoms with Crippen molar-refractivity contribution in [3.8, 4) is 5.88 Å². The second-order valence-electron chi connectivity index (χ2n) is 4.09. The number of hydrogen-bond acceptors (Lipinski definition) is 4. The van der Waals surface area contributed by atoms with Crippen LogP contribution in [0.2, 0.25) is 5.02 Å². The van der Waals surface area contributed by atoms with E-state index < -0.39 is 0 Å². The summed E-state index contributed by atoms with van der Waals surface area (Å²) in [6.07, 6.45) is 4.00. The van der Waals surface area contributed by atoms with Gasteiger partial charge in [-0.1, -0.05) is 29.8 Å². The van der Waals surface area contributed by atoms with E-state index in [1.807, 2.05) is 31.3 Å². The maximum Gasteiger partial charge on any atom is 0.237 e. The van der Waals surface area contributed by atoms with E-state index in [-0.39, 0.29) is 6.04 Å². The highest BCUT2D eigenvalue weighted by Crippen LogP contribution is 2.26. The van der Waals surface area contributed by atoms with Crippen LogP contribution >= 0.6 is 11.6 Å². The molecule has 0 fully saturated rings. The molecule has 1 unspecified atom stereocenters. The van der Waals surface area contributed by atoms with E-state index >= 15 is 0 Å². The fourth-order valence-corrected chi connectivity index (χ4v) is 2.16. The standard InChI is InChI=1S/C14H16ClN3O/c1-16-12(9-10-5-3-4-6-11(10)15)13-14(19-2)18-8-7-17-13/h3-8,12,16H,9H2,1-2H3. The SMILES string of the molecule is CNC(Cc1ccccc1Cl)c1nccnc1OC. The van der Waals surface area contributed by atoms with E-state index in [0.717, 1.165) is 22.7 Å². The Labute approximate surface area is 117 Å². The first-order valence-electron chi connectivity index (χ1n) is 6.01. The summed E-state index contributed by atoms with van der Waals surface area (Å²) in [6, 6.07) is 7.79. The van der Waals surface area contributed by atoms with Gasteiger partial charge in [-0.25, -0.2) is 4.98 Å². The molecular weight excluding hydrogens is 262 g/mol. The smallest absolute Gasteiger partial charge is 0.237 e. The molecule has 0 radical (unpaired) electrons. The molecule has 0 amide bonds. The Bertz CT molecular complexity index is 548. The maximum atomic E-state index is 6.19. The molecule has 0 aliphatic carbocycles. The van der Waals surface area contributed by atoms with Crippen LogP contribution in [0.4, 0.5) is 0 Å². The van der Waals surface area contributed by atoms with Crippen molar-refractivity contribution in [2.75, 3.05) is 14.2 Å². The minimum Gasteiger partial charge on any atom is -0.480 e. The van der Waals surface area contributed by atoms with E-state index in [4.69, 9.17) is 16.3 Å². The molecule has 0 aliphatic heterocycles. The molecule has 5 heteroatoms. The normalized spacial score (nSPS) is 12.2. The average molecular weight is 278 g/mol. The summed E-state index contributed by atoms with van der Waals surface area (Å²) >= 11 is 6.19. The van der Waals surface area contributed by atoms with Crippen LogP contribution in [0, 0.1) is 0 Å². The lowest BCUT2D eigenvalue weighted by molar-refractivity contribution is 0.379. The molecule has 100 valence electrons. The molecule has 2 aromatic rings. The van der Waals surface area contributed by atoms with Gasteiger partial charge in [-0.3, -0.25) is 4.98 Å². The van der Waals surface area contributed by atoms with Crippen molar-refractivity contribution in [2.45, 2.75) is 12.5 Å². The fourth-order valence-electron chi connectivity index (χ4n) is 1.95. The highest BCUT2D eigenvalue weighted by Gasteiger charge is 2.18. The van der Waals surface area contributed by atoms with Gasteiger partial charge in [0.05, 0.1) is 13.2 Å². The highest BCUT2D eigenvalue weighted by atomic mass is 35.5. The van der Waals surface area contributed by atoms with Gasteiger partial charge in [0, 0.05) is 17.4 Å². The van der Waals surface area contributed by atoms with Crippen molar-refractivity contribution < 1.29 is 4.74 Å². The number of hydrogen-bond donors (Lipinski definition) is 1. The van der Waals surface area contributed by atoms with E-state index in [9.17, 15) is 0 Å². The van der Waals surface area contributed by atoms with Gasteiger partial charge < -0.3 is 10.1 Å². The zero-order valence-electron chi connectivity index (χ0n) is 10.9. The fraction of sp³-hybridized carbons (Fsp3) is 0.286. The Morgan fingerprint density at radius 2 is 2.00 bits per heavy atom. The van der Waals surface area contributed by atoms with Gasteiger partial charge in [0.15, 0.2) is 0 Å². The van der Waals surface area contributed by atoms with Crippen LogP contribution in [0.1, 0.15) is 17.3 Å². The van der Waals surface area contributed by atoms with Crippen LogP contribution in [0.5, 0.6) is 5.88 Å². The van der Waals surface area contributed by atoms with E-state index in [2.05, 4.69) is 15.3 Å². The summed E-state index contributed by atoms with van der Waals surface area (Å²) in [5.74, 6) is 0.536. The third-order valence-corrected chi connectivity index (χ3v) is 3.31. The second-order valence-corrected chi connectivity index (χ2v) is 4.49. The molecule has 1 atom stereocenters. The van der Waals surface area contributed by atoms with Crippen LogP contribution in [0.3, 0.4) is 0 Å². The molecule has 4 nitrogen and oxygen atoms in total.